The van der Waals surface area contributed by atoms with Gasteiger partial charge in [-0.2, -0.15) is 5.10 Å². The SMILES string of the molecule is Cc1nn(-c2cccc(Cl)c2)c2sc(C(=O)OCC(=O)NCC(N)=O)cc12. The van der Waals surface area contributed by atoms with Crippen LogP contribution in [0.15, 0.2) is 30.3 Å². The predicted molar refractivity (Wildman–Crippen MR) is 101 cm³/mol. The number of amides is 2. The zero-order valence-corrected chi connectivity index (χ0v) is 15.8. The number of thiophene rings is 1. The van der Waals surface area contributed by atoms with Gasteiger partial charge in [-0.3, -0.25) is 9.59 Å². The van der Waals surface area contributed by atoms with Crippen molar-refractivity contribution in [3.8, 4) is 5.69 Å². The Morgan fingerprint density at radius 3 is 2.81 bits per heavy atom. The average Bonchev–Trinajstić information content (AvgIpc) is 3.18. The number of ether oxygens (including phenoxy) is 1. The number of primary amides is 1. The van der Waals surface area contributed by atoms with E-state index in [1.165, 1.54) is 11.3 Å². The molecule has 0 bridgehead atoms. The summed E-state index contributed by atoms with van der Waals surface area (Å²) < 4.78 is 6.69. The normalized spacial score (nSPS) is 10.7. The highest BCUT2D eigenvalue weighted by Gasteiger charge is 2.19. The Morgan fingerprint density at radius 2 is 2.11 bits per heavy atom. The molecule has 0 saturated heterocycles. The molecule has 0 aliphatic carbocycles. The molecule has 1 aromatic carbocycles. The van der Waals surface area contributed by atoms with Crippen LogP contribution < -0.4 is 11.1 Å². The number of aryl methyl sites for hydroxylation is 1. The smallest absolute Gasteiger partial charge is 0.348 e. The molecule has 3 aromatic rings. The molecule has 3 N–H and O–H groups in total. The van der Waals surface area contributed by atoms with Gasteiger partial charge < -0.3 is 15.8 Å². The van der Waals surface area contributed by atoms with E-state index in [9.17, 15) is 14.4 Å². The quantitative estimate of drug-likeness (QED) is 0.605. The summed E-state index contributed by atoms with van der Waals surface area (Å²) in [6.45, 7) is 1.02. The molecule has 3 rings (SSSR count). The van der Waals surface area contributed by atoms with Gasteiger partial charge in [-0.05, 0) is 31.2 Å². The zero-order valence-electron chi connectivity index (χ0n) is 14.2. The third-order valence-electron chi connectivity index (χ3n) is 3.59. The minimum Gasteiger partial charge on any atom is -0.451 e. The lowest BCUT2D eigenvalue weighted by Gasteiger charge is -2.04. The van der Waals surface area contributed by atoms with Crippen LogP contribution in [0, 0.1) is 6.92 Å². The van der Waals surface area contributed by atoms with Gasteiger partial charge in [0.2, 0.25) is 5.91 Å². The third kappa shape index (κ3) is 4.26. The molecule has 140 valence electrons. The molecule has 0 aliphatic rings. The summed E-state index contributed by atoms with van der Waals surface area (Å²) in [7, 11) is 0. The van der Waals surface area contributed by atoms with Crippen LogP contribution in [0.1, 0.15) is 15.4 Å². The van der Waals surface area contributed by atoms with Crippen LogP contribution in [0.4, 0.5) is 0 Å². The second-order valence-corrected chi connectivity index (χ2v) is 7.09. The van der Waals surface area contributed by atoms with Crippen molar-refractivity contribution in [2.24, 2.45) is 5.73 Å². The van der Waals surface area contributed by atoms with Crippen LogP contribution in [0.5, 0.6) is 0 Å². The molecule has 2 heterocycles. The Labute approximate surface area is 162 Å². The molecular weight excluding hydrogens is 392 g/mol. The first-order chi connectivity index (χ1) is 12.8. The number of esters is 1. The molecule has 27 heavy (non-hydrogen) atoms. The minimum absolute atomic E-state index is 0.312. The summed E-state index contributed by atoms with van der Waals surface area (Å²) in [4.78, 5) is 35.5. The van der Waals surface area contributed by atoms with E-state index in [0.717, 1.165) is 21.6 Å². The molecule has 2 aromatic heterocycles. The van der Waals surface area contributed by atoms with Gasteiger partial charge in [0.05, 0.1) is 17.9 Å². The number of hydrogen-bond donors (Lipinski definition) is 2. The molecule has 2 amide bonds. The molecule has 0 radical (unpaired) electrons. The largest absolute Gasteiger partial charge is 0.451 e. The number of nitrogens with one attached hydrogen (secondary N) is 1. The average molecular weight is 407 g/mol. The maximum atomic E-state index is 12.2. The van der Waals surface area contributed by atoms with Crippen LogP contribution in [-0.2, 0) is 14.3 Å². The van der Waals surface area contributed by atoms with E-state index in [1.807, 2.05) is 19.1 Å². The minimum atomic E-state index is -0.680. The highest BCUT2D eigenvalue weighted by atomic mass is 35.5. The predicted octanol–water partition coefficient (Wildman–Crippen LogP) is 1.81. The van der Waals surface area contributed by atoms with Gasteiger partial charge in [0.1, 0.15) is 9.71 Å². The Kier molecular flexibility index (Phi) is 5.43. The number of nitrogens with two attached hydrogens (primary N) is 1. The lowest BCUT2D eigenvalue weighted by Crippen LogP contribution is -2.35. The Hall–Kier alpha value is -2.91. The topological polar surface area (TPSA) is 116 Å². The van der Waals surface area contributed by atoms with Gasteiger partial charge in [-0.1, -0.05) is 17.7 Å². The molecular formula is C17H15ClN4O4S. The van der Waals surface area contributed by atoms with Crippen LogP contribution in [0.2, 0.25) is 5.02 Å². The number of fused-ring (bicyclic) bond motifs is 1. The number of carbonyl (C=O) groups is 3. The lowest BCUT2D eigenvalue weighted by molar-refractivity contribution is -0.127. The number of carbonyl (C=O) groups excluding carboxylic acids is 3. The summed E-state index contributed by atoms with van der Waals surface area (Å²) in [5, 5.41) is 8.11. The second-order valence-electron chi connectivity index (χ2n) is 5.63. The molecule has 0 atom stereocenters. The van der Waals surface area contributed by atoms with Gasteiger partial charge in [0.15, 0.2) is 6.61 Å². The van der Waals surface area contributed by atoms with Gasteiger partial charge in [-0.15, -0.1) is 11.3 Å². The van der Waals surface area contributed by atoms with Crippen molar-refractivity contribution in [2.75, 3.05) is 13.2 Å². The standard InChI is InChI=1S/C17H15ClN4O4S/c1-9-12-6-13(17(25)26-8-15(24)20-7-14(19)23)27-16(12)22(21-9)11-4-2-3-10(18)5-11/h2-6H,7-8H2,1H3,(H2,19,23)(H,20,24). The van der Waals surface area contributed by atoms with Gasteiger partial charge in [-0.25, -0.2) is 9.48 Å². The summed E-state index contributed by atoms with van der Waals surface area (Å²) >= 11 is 7.25. The Morgan fingerprint density at radius 1 is 1.33 bits per heavy atom. The first-order valence-electron chi connectivity index (χ1n) is 7.82. The van der Waals surface area contributed by atoms with Crippen molar-refractivity contribution < 1.29 is 19.1 Å². The molecule has 0 fully saturated rings. The van der Waals surface area contributed by atoms with E-state index in [4.69, 9.17) is 22.1 Å². The summed E-state index contributed by atoms with van der Waals surface area (Å²) in [5.74, 6) is -1.92. The van der Waals surface area contributed by atoms with Crippen molar-refractivity contribution >= 4 is 50.9 Å². The number of nitrogens with zero attached hydrogens (tertiary/aromatic N) is 2. The van der Waals surface area contributed by atoms with Gasteiger partial charge in [0.25, 0.3) is 5.91 Å². The van der Waals surface area contributed by atoms with Crippen molar-refractivity contribution in [3.05, 3.63) is 45.9 Å². The van der Waals surface area contributed by atoms with Gasteiger partial charge >= 0.3 is 5.97 Å². The maximum Gasteiger partial charge on any atom is 0.348 e. The number of hydrogen-bond acceptors (Lipinski definition) is 6. The van der Waals surface area contributed by atoms with Gasteiger partial charge in [0, 0.05) is 10.4 Å². The molecule has 0 saturated carbocycles. The Bertz CT molecular complexity index is 1040. The lowest BCUT2D eigenvalue weighted by atomic mass is 10.3. The van der Waals surface area contributed by atoms with Crippen molar-refractivity contribution in [1.82, 2.24) is 15.1 Å². The first-order valence-corrected chi connectivity index (χ1v) is 9.02. The maximum absolute atomic E-state index is 12.2. The summed E-state index contributed by atoms with van der Waals surface area (Å²) in [5.41, 5.74) is 6.45. The van der Waals surface area contributed by atoms with E-state index >= 15 is 0 Å². The zero-order chi connectivity index (χ0) is 19.6. The first kappa shape index (κ1) is 18.9. The number of rotatable bonds is 6. The van der Waals surface area contributed by atoms with Crippen LogP contribution in [0.3, 0.4) is 0 Å². The highest BCUT2D eigenvalue weighted by molar-refractivity contribution is 7.20. The second kappa shape index (κ2) is 7.77. The summed E-state index contributed by atoms with van der Waals surface area (Å²) in [6.07, 6.45) is 0. The third-order valence-corrected chi connectivity index (χ3v) is 4.92. The fraction of sp³-hybridized carbons (Fsp3) is 0.176. The van der Waals surface area contributed by atoms with E-state index in [0.29, 0.717) is 9.90 Å². The molecule has 0 unspecified atom stereocenters. The molecule has 0 spiro atoms. The van der Waals surface area contributed by atoms with Crippen LogP contribution in [-0.4, -0.2) is 40.7 Å². The monoisotopic (exact) mass is 406 g/mol. The van der Waals surface area contributed by atoms with Crippen molar-refractivity contribution in [1.29, 1.82) is 0 Å². The van der Waals surface area contributed by atoms with E-state index in [-0.39, 0.29) is 6.54 Å². The van der Waals surface area contributed by atoms with E-state index < -0.39 is 24.4 Å². The fourth-order valence-electron chi connectivity index (χ4n) is 2.37. The summed E-state index contributed by atoms with van der Waals surface area (Å²) in [6, 6.07) is 8.88. The fourth-order valence-corrected chi connectivity index (χ4v) is 3.63. The van der Waals surface area contributed by atoms with Crippen LogP contribution >= 0.6 is 22.9 Å². The van der Waals surface area contributed by atoms with Crippen molar-refractivity contribution in [3.63, 3.8) is 0 Å². The Balaban J connectivity index is 1.78. The number of halogens is 1. The molecule has 10 heteroatoms. The van der Waals surface area contributed by atoms with Crippen LogP contribution in [0.25, 0.3) is 15.9 Å². The molecule has 8 nitrogen and oxygen atoms in total. The molecule has 0 aliphatic heterocycles. The number of aromatic nitrogens is 2. The van der Waals surface area contributed by atoms with E-state index in [1.54, 1.807) is 22.9 Å². The highest BCUT2D eigenvalue weighted by Crippen LogP contribution is 2.31. The van der Waals surface area contributed by atoms with E-state index in [2.05, 4.69) is 10.4 Å². The van der Waals surface area contributed by atoms with Crippen molar-refractivity contribution in [2.45, 2.75) is 6.92 Å². The number of benzene rings is 1.